The highest BCUT2D eigenvalue weighted by molar-refractivity contribution is 7.99. The van der Waals surface area contributed by atoms with Crippen LogP contribution in [0.25, 0.3) is 10.9 Å². The number of para-hydroxylation sites is 1. The predicted molar refractivity (Wildman–Crippen MR) is 81.8 cm³/mol. The van der Waals surface area contributed by atoms with Crippen LogP contribution in [0.15, 0.2) is 52.9 Å². The first kappa shape index (κ1) is 13.1. The van der Waals surface area contributed by atoms with E-state index in [2.05, 4.69) is 17.1 Å². The molecule has 0 radical (unpaired) electrons. The fourth-order valence-corrected chi connectivity index (χ4v) is 3.03. The second-order valence-corrected chi connectivity index (χ2v) is 5.56. The number of pyridine rings is 1. The monoisotopic (exact) mass is 284 g/mol. The number of hydrogen-bond donors (Lipinski definition) is 1. The summed E-state index contributed by atoms with van der Waals surface area (Å²) in [5, 5.41) is 3.08. The molecule has 0 bridgehead atoms. The molecule has 0 atom stereocenters. The Bertz CT molecular complexity index is 736. The number of nitrogens with two attached hydrogens (primary N) is 1. The number of rotatable bonds is 4. The molecule has 2 heterocycles. The molecule has 102 valence electrons. The molecule has 20 heavy (non-hydrogen) atoms. The zero-order valence-electron chi connectivity index (χ0n) is 11.3. The molecule has 0 saturated carbocycles. The molecule has 3 aromatic rings. The quantitative estimate of drug-likeness (QED) is 0.800. The molecule has 0 aliphatic rings. The number of aryl methyl sites for hydroxylation is 1. The summed E-state index contributed by atoms with van der Waals surface area (Å²) in [4.78, 5) is 9.11. The molecule has 2 N–H and O–H groups in total. The van der Waals surface area contributed by atoms with E-state index in [0.717, 1.165) is 27.5 Å². The molecule has 0 fully saturated rings. The first-order valence-corrected chi connectivity index (χ1v) is 7.33. The van der Waals surface area contributed by atoms with E-state index in [-0.39, 0.29) is 0 Å². The summed E-state index contributed by atoms with van der Waals surface area (Å²) in [5.41, 5.74) is 7.90. The van der Waals surface area contributed by atoms with E-state index >= 15 is 0 Å². The Hall–Kier alpha value is -1.85. The maximum Gasteiger partial charge on any atom is 0.174 e. The normalized spacial score (nSPS) is 11.1. The van der Waals surface area contributed by atoms with Crippen molar-refractivity contribution in [2.75, 3.05) is 6.54 Å². The zero-order chi connectivity index (χ0) is 13.9. The molecule has 4 nitrogen and oxygen atoms in total. The van der Waals surface area contributed by atoms with Crippen LogP contribution in [0.5, 0.6) is 0 Å². The van der Waals surface area contributed by atoms with Gasteiger partial charge in [0.15, 0.2) is 5.16 Å². The minimum Gasteiger partial charge on any atom is -0.330 e. The average molecular weight is 284 g/mol. The lowest BCUT2D eigenvalue weighted by Crippen LogP contribution is -2.05. The topological polar surface area (TPSA) is 56.7 Å². The van der Waals surface area contributed by atoms with Gasteiger partial charge in [0, 0.05) is 24.8 Å². The largest absolute Gasteiger partial charge is 0.330 e. The Morgan fingerprint density at radius 2 is 2.15 bits per heavy atom. The van der Waals surface area contributed by atoms with Crippen molar-refractivity contribution in [1.29, 1.82) is 0 Å². The van der Waals surface area contributed by atoms with Crippen LogP contribution >= 0.6 is 11.8 Å². The van der Waals surface area contributed by atoms with Gasteiger partial charge in [-0.2, -0.15) is 0 Å². The third-order valence-electron chi connectivity index (χ3n) is 3.14. The highest BCUT2D eigenvalue weighted by Gasteiger charge is 2.10. The second-order valence-electron chi connectivity index (χ2n) is 4.61. The highest BCUT2D eigenvalue weighted by atomic mass is 32.2. The smallest absolute Gasteiger partial charge is 0.174 e. The molecule has 2 aromatic heterocycles. The van der Waals surface area contributed by atoms with Gasteiger partial charge in [-0.15, -0.1) is 0 Å². The fourth-order valence-electron chi connectivity index (χ4n) is 2.10. The third-order valence-corrected chi connectivity index (χ3v) is 4.26. The standard InChI is InChI=1S/C15H16N4S/c1-19-9-8-17-15(19)20-14-12(6-7-16)10-11-4-2-3-5-13(11)18-14/h2-5,8-10H,6-7,16H2,1H3. The average Bonchev–Trinajstić information content (AvgIpc) is 2.85. The van der Waals surface area contributed by atoms with E-state index in [9.17, 15) is 0 Å². The van der Waals surface area contributed by atoms with Crippen LogP contribution < -0.4 is 5.73 Å². The van der Waals surface area contributed by atoms with Crippen molar-refractivity contribution >= 4 is 22.7 Å². The summed E-state index contributed by atoms with van der Waals surface area (Å²) in [6.07, 6.45) is 4.56. The molecule has 0 aliphatic heterocycles. The molecule has 0 amide bonds. The van der Waals surface area contributed by atoms with Crippen molar-refractivity contribution in [3.05, 3.63) is 48.3 Å². The van der Waals surface area contributed by atoms with Gasteiger partial charge in [0.1, 0.15) is 5.03 Å². The summed E-state index contributed by atoms with van der Waals surface area (Å²) in [7, 11) is 1.99. The van der Waals surface area contributed by atoms with Gasteiger partial charge in [-0.3, -0.25) is 0 Å². The summed E-state index contributed by atoms with van der Waals surface area (Å²) in [6, 6.07) is 10.3. The number of nitrogens with zero attached hydrogens (tertiary/aromatic N) is 3. The Labute approximate surface area is 122 Å². The summed E-state index contributed by atoms with van der Waals surface area (Å²) in [6.45, 7) is 0.619. The first-order chi connectivity index (χ1) is 9.78. The van der Waals surface area contributed by atoms with Gasteiger partial charge in [-0.1, -0.05) is 18.2 Å². The second kappa shape index (κ2) is 5.64. The van der Waals surface area contributed by atoms with Gasteiger partial charge in [0.25, 0.3) is 0 Å². The lowest BCUT2D eigenvalue weighted by Gasteiger charge is -2.09. The molecule has 0 aliphatic carbocycles. The van der Waals surface area contributed by atoms with Crippen molar-refractivity contribution in [2.24, 2.45) is 12.8 Å². The molecule has 0 spiro atoms. The maximum absolute atomic E-state index is 5.72. The Morgan fingerprint density at radius 3 is 2.90 bits per heavy atom. The highest BCUT2D eigenvalue weighted by Crippen LogP contribution is 2.30. The SMILES string of the molecule is Cn1ccnc1Sc1nc2ccccc2cc1CCN. The summed E-state index contributed by atoms with van der Waals surface area (Å²) >= 11 is 1.59. The lowest BCUT2D eigenvalue weighted by molar-refractivity contribution is 0.787. The van der Waals surface area contributed by atoms with Crippen molar-refractivity contribution in [2.45, 2.75) is 16.6 Å². The van der Waals surface area contributed by atoms with E-state index in [4.69, 9.17) is 10.7 Å². The molecule has 5 heteroatoms. The van der Waals surface area contributed by atoms with Crippen LogP contribution in [0.2, 0.25) is 0 Å². The van der Waals surface area contributed by atoms with E-state index < -0.39 is 0 Å². The number of benzene rings is 1. The number of imidazole rings is 1. The molecular weight excluding hydrogens is 268 g/mol. The van der Waals surface area contributed by atoms with E-state index in [1.165, 1.54) is 5.56 Å². The molecule has 3 rings (SSSR count). The van der Waals surface area contributed by atoms with E-state index in [1.807, 2.05) is 36.0 Å². The number of hydrogen-bond acceptors (Lipinski definition) is 4. The van der Waals surface area contributed by atoms with Crippen LogP contribution in [0.4, 0.5) is 0 Å². The van der Waals surface area contributed by atoms with Crippen molar-refractivity contribution in [3.8, 4) is 0 Å². The van der Waals surface area contributed by atoms with Crippen LogP contribution in [0.3, 0.4) is 0 Å². The first-order valence-electron chi connectivity index (χ1n) is 6.52. The van der Waals surface area contributed by atoms with Gasteiger partial charge in [-0.05, 0) is 42.4 Å². The van der Waals surface area contributed by atoms with Gasteiger partial charge >= 0.3 is 0 Å². The molecule has 0 unspecified atom stereocenters. The Kier molecular flexibility index (Phi) is 3.71. The summed E-state index contributed by atoms with van der Waals surface area (Å²) < 4.78 is 1.99. The van der Waals surface area contributed by atoms with Crippen molar-refractivity contribution < 1.29 is 0 Å². The van der Waals surface area contributed by atoms with E-state index in [1.54, 1.807) is 18.0 Å². The lowest BCUT2D eigenvalue weighted by atomic mass is 10.1. The van der Waals surface area contributed by atoms with Crippen LogP contribution in [-0.2, 0) is 13.5 Å². The third kappa shape index (κ3) is 2.55. The molecule has 1 aromatic carbocycles. The zero-order valence-corrected chi connectivity index (χ0v) is 12.1. The number of fused-ring (bicyclic) bond motifs is 1. The molecule has 0 saturated heterocycles. The van der Waals surface area contributed by atoms with Crippen molar-refractivity contribution in [1.82, 2.24) is 14.5 Å². The Balaban J connectivity index is 2.07. The van der Waals surface area contributed by atoms with E-state index in [0.29, 0.717) is 6.54 Å². The Morgan fingerprint density at radius 1 is 1.30 bits per heavy atom. The summed E-state index contributed by atoms with van der Waals surface area (Å²) in [5.74, 6) is 0. The van der Waals surface area contributed by atoms with Gasteiger partial charge in [0.2, 0.25) is 0 Å². The minimum atomic E-state index is 0.619. The van der Waals surface area contributed by atoms with Crippen LogP contribution in [-0.4, -0.2) is 21.1 Å². The number of aromatic nitrogens is 3. The predicted octanol–water partition coefficient (Wildman–Crippen LogP) is 2.62. The van der Waals surface area contributed by atoms with Gasteiger partial charge in [-0.25, -0.2) is 9.97 Å². The van der Waals surface area contributed by atoms with Gasteiger partial charge < -0.3 is 10.3 Å². The maximum atomic E-state index is 5.72. The van der Waals surface area contributed by atoms with Crippen LogP contribution in [0, 0.1) is 0 Å². The fraction of sp³-hybridized carbons (Fsp3) is 0.200. The van der Waals surface area contributed by atoms with Gasteiger partial charge in [0.05, 0.1) is 5.52 Å². The van der Waals surface area contributed by atoms with Crippen LogP contribution in [0.1, 0.15) is 5.56 Å². The minimum absolute atomic E-state index is 0.619. The molecular formula is C15H16N4S. The van der Waals surface area contributed by atoms with Crippen molar-refractivity contribution in [3.63, 3.8) is 0 Å².